The van der Waals surface area contributed by atoms with Crippen LogP contribution in [0.4, 0.5) is 0 Å². The minimum atomic E-state index is -3.54. The van der Waals surface area contributed by atoms with Crippen LogP contribution in [-0.4, -0.2) is 38.8 Å². The van der Waals surface area contributed by atoms with Gasteiger partial charge in [-0.3, -0.25) is 4.79 Å². The Morgan fingerprint density at radius 1 is 1.24 bits per heavy atom. The standard InChI is InChI=1S/C17H25N3O3S.ClH/c1-20(2)24(22,23)14-6-4-3-5-13(14)10-19-17(21)15-11-7-8-12(9-11)16(15)18;/h3-6,11-12,15-16H,7-10,18H2,1-2H3,(H,19,21);1H. The summed E-state index contributed by atoms with van der Waals surface area (Å²) < 4.78 is 26.0. The number of nitrogens with two attached hydrogens (primary N) is 1. The second kappa shape index (κ2) is 7.61. The van der Waals surface area contributed by atoms with Crippen molar-refractivity contribution in [1.82, 2.24) is 9.62 Å². The highest BCUT2D eigenvalue weighted by molar-refractivity contribution is 7.89. The third-order valence-electron chi connectivity index (χ3n) is 5.47. The van der Waals surface area contributed by atoms with E-state index in [0.29, 0.717) is 17.4 Å². The van der Waals surface area contributed by atoms with Crippen LogP contribution in [0, 0.1) is 17.8 Å². The molecular formula is C17H26ClN3O3S. The third-order valence-corrected chi connectivity index (χ3v) is 7.38. The highest BCUT2D eigenvalue weighted by atomic mass is 35.5. The second-order valence-electron chi connectivity index (χ2n) is 7.05. The number of carbonyl (C=O) groups excluding carboxylic acids is 1. The zero-order valence-electron chi connectivity index (χ0n) is 14.5. The molecule has 1 aromatic rings. The molecule has 1 aromatic carbocycles. The summed E-state index contributed by atoms with van der Waals surface area (Å²) in [5.41, 5.74) is 6.80. The van der Waals surface area contributed by atoms with Crippen molar-refractivity contribution in [1.29, 1.82) is 0 Å². The first-order valence-corrected chi connectivity index (χ1v) is 9.80. The molecule has 0 aromatic heterocycles. The number of benzene rings is 1. The summed E-state index contributed by atoms with van der Waals surface area (Å²) in [6.07, 6.45) is 3.24. The number of nitrogens with zero attached hydrogens (tertiary/aromatic N) is 1. The summed E-state index contributed by atoms with van der Waals surface area (Å²) >= 11 is 0. The highest BCUT2D eigenvalue weighted by Crippen LogP contribution is 2.47. The van der Waals surface area contributed by atoms with E-state index in [9.17, 15) is 13.2 Å². The Kier molecular flexibility index (Phi) is 6.14. The molecular weight excluding hydrogens is 362 g/mol. The Balaban J connectivity index is 0.00000225. The number of halogens is 1. The summed E-state index contributed by atoms with van der Waals surface area (Å²) in [4.78, 5) is 12.8. The minimum absolute atomic E-state index is 0. The zero-order valence-corrected chi connectivity index (χ0v) is 16.1. The Bertz CT molecular complexity index is 736. The van der Waals surface area contributed by atoms with E-state index in [-0.39, 0.29) is 41.7 Å². The van der Waals surface area contributed by atoms with Crippen molar-refractivity contribution in [3.8, 4) is 0 Å². The molecule has 140 valence electrons. The van der Waals surface area contributed by atoms with Crippen LogP contribution in [0.25, 0.3) is 0 Å². The van der Waals surface area contributed by atoms with Gasteiger partial charge in [0.15, 0.2) is 0 Å². The predicted molar refractivity (Wildman–Crippen MR) is 98.7 cm³/mol. The molecule has 6 nitrogen and oxygen atoms in total. The van der Waals surface area contributed by atoms with Crippen molar-refractivity contribution in [2.24, 2.45) is 23.5 Å². The number of rotatable bonds is 5. The predicted octanol–water partition coefficient (Wildman–Crippen LogP) is 1.35. The Hall–Kier alpha value is -1.15. The largest absolute Gasteiger partial charge is 0.352 e. The van der Waals surface area contributed by atoms with Gasteiger partial charge >= 0.3 is 0 Å². The highest BCUT2D eigenvalue weighted by Gasteiger charge is 2.48. The van der Waals surface area contributed by atoms with Crippen molar-refractivity contribution >= 4 is 28.3 Å². The molecule has 8 heteroatoms. The SMILES string of the molecule is CN(C)S(=O)(=O)c1ccccc1CNC(=O)C1C2CCC(C2)C1N.Cl. The maximum Gasteiger partial charge on any atom is 0.242 e. The lowest BCUT2D eigenvalue weighted by Gasteiger charge is -2.27. The summed E-state index contributed by atoms with van der Waals surface area (Å²) in [7, 11) is -0.538. The first kappa shape index (κ1) is 20.2. The van der Waals surface area contributed by atoms with Crippen LogP contribution < -0.4 is 11.1 Å². The number of hydrogen-bond acceptors (Lipinski definition) is 4. The van der Waals surface area contributed by atoms with Gasteiger partial charge in [0.2, 0.25) is 15.9 Å². The van der Waals surface area contributed by atoms with Crippen LogP contribution in [0.15, 0.2) is 29.2 Å². The van der Waals surface area contributed by atoms with Gasteiger partial charge in [0.25, 0.3) is 0 Å². The van der Waals surface area contributed by atoms with E-state index in [1.807, 2.05) is 0 Å². The second-order valence-corrected chi connectivity index (χ2v) is 9.17. The number of hydrogen-bond donors (Lipinski definition) is 2. The molecule has 0 aliphatic heterocycles. The molecule has 2 aliphatic rings. The van der Waals surface area contributed by atoms with Gasteiger partial charge in [0.1, 0.15) is 0 Å². The topological polar surface area (TPSA) is 92.5 Å². The first-order valence-electron chi connectivity index (χ1n) is 8.36. The molecule has 3 N–H and O–H groups in total. The summed E-state index contributed by atoms with van der Waals surface area (Å²) in [6, 6.07) is 6.70. The van der Waals surface area contributed by atoms with E-state index in [2.05, 4.69) is 5.32 Å². The fraction of sp³-hybridized carbons (Fsp3) is 0.588. The number of sulfonamides is 1. The van der Waals surface area contributed by atoms with E-state index in [0.717, 1.165) is 19.3 Å². The van der Waals surface area contributed by atoms with E-state index >= 15 is 0 Å². The maximum atomic E-state index is 12.6. The Labute approximate surface area is 155 Å². The molecule has 4 atom stereocenters. The van der Waals surface area contributed by atoms with E-state index in [1.165, 1.54) is 18.4 Å². The number of nitrogens with one attached hydrogen (secondary N) is 1. The van der Waals surface area contributed by atoms with Crippen LogP contribution in [0.1, 0.15) is 24.8 Å². The first-order chi connectivity index (χ1) is 11.3. The molecule has 0 heterocycles. The summed E-state index contributed by atoms with van der Waals surface area (Å²) in [6.45, 7) is 0.197. The lowest BCUT2D eigenvalue weighted by atomic mass is 9.84. The number of carbonyl (C=O) groups is 1. The zero-order chi connectivity index (χ0) is 17.5. The monoisotopic (exact) mass is 387 g/mol. The number of amides is 1. The molecule has 4 unspecified atom stereocenters. The van der Waals surface area contributed by atoms with Gasteiger partial charge in [-0.1, -0.05) is 18.2 Å². The number of fused-ring (bicyclic) bond motifs is 2. The smallest absolute Gasteiger partial charge is 0.242 e. The van der Waals surface area contributed by atoms with Crippen LogP contribution >= 0.6 is 12.4 Å². The van der Waals surface area contributed by atoms with Crippen molar-refractivity contribution in [3.63, 3.8) is 0 Å². The molecule has 2 bridgehead atoms. The van der Waals surface area contributed by atoms with Gasteiger partial charge in [-0.05, 0) is 42.7 Å². The van der Waals surface area contributed by atoms with Crippen molar-refractivity contribution in [3.05, 3.63) is 29.8 Å². The van der Waals surface area contributed by atoms with E-state index in [4.69, 9.17) is 5.73 Å². The average molecular weight is 388 g/mol. The van der Waals surface area contributed by atoms with Crippen LogP contribution in [0.5, 0.6) is 0 Å². The molecule has 2 aliphatic carbocycles. The van der Waals surface area contributed by atoms with Crippen molar-refractivity contribution in [2.75, 3.05) is 14.1 Å². The molecule has 25 heavy (non-hydrogen) atoms. The molecule has 1 amide bonds. The fourth-order valence-corrected chi connectivity index (χ4v) is 5.24. The normalized spacial score (nSPS) is 28.0. The van der Waals surface area contributed by atoms with Crippen LogP contribution in [0.2, 0.25) is 0 Å². The minimum Gasteiger partial charge on any atom is -0.352 e. The van der Waals surface area contributed by atoms with E-state index in [1.54, 1.807) is 24.3 Å². The Morgan fingerprint density at radius 2 is 1.88 bits per heavy atom. The molecule has 2 fully saturated rings. The maximum absolute atomic E-state index is 12.6. The lowest BCUT2D eigenvalue weighted by molar-refractivity contribution is -0.127. The van der Waals surface area contributed by atoms with Crippen LogP contribution in [0.3, 0.4) is 0 Å². The Morgan fingerprint density at radius 3 is 2.48 bits per heavy atom. The van der Waals surface area contributed by atoms with E-state index < -0.39 is 10.0 Å². The fourth-order valence-electron chi connectivity index (χ4n) is 4.12. The van der Waals surface area contributed by atoms with Gasteiger partial charge in [-0.15, -0.1) is 12.4 Å². The van der Waals surface area contributed by atoms with Crippen molar-refractivity contribution < 1.29 is 13.2 Å². The van der Waals surface area contributed by atoms with Gasteiger partial charge in [0.05, 0.1) is 10.8 Å². The van der Waals surface area contributed by atoms with Gasteiger partial charge in [-0.25, -0.2) is 12.7 Å². The summed E-state index contributed by atoms with van der Waals surface area (Å²) in [5, 5.41) is 2.91. The molecule has 3 rings (SSSR count). The lowest BCUT2D eigenvalue weighted by Crippen LogP contribution is -2.45. The molecule has 0 saturated heterocycles. The van der Waals surface area contributed by atoms with Gasteiger partial charge in [0, 0.05) is 26.7 Å². The van der Waals surface area contributed by atoms with Gasteiger partial charge < -0.3 is 11.1 Å². The van der Waals surface area contributed by atoms with Gasteiger partial charge in [-0.2, -0.15) is 0 Å². The third kappa shape index (κ3) is 3.69. The summed E-state index contributed by atoms with van der Waals surface area (Å²) in [5.74, 6) is 0.658. The average Bonchev–Trinajstić information content (AvgIpc) is 3.13. The van der Waals surface area contributed by atoms with Crippen molar-refractivity contribution in [2.45, 2.75) is 36.7 Å². The molecule has 0 radical (unpaired) electrons. The molecule has 2 saturated carbocycles. The van der Waals surface area contributed by atoms with Crippen LogP contribution in [-0.2, 0) is 21.4 Å². The quantitative estimate of drug-likeness (QED) is 0.797. The molecule has 0 spiro atoms.